The van der Waals surface area contributed by atoms with Crippen molar-refractivity contribution in [2.24, 2.45) is 7.05 Å². The molecule has 112 valence electrons. The van der Waals surface area contributed by atoms with E-state index in [1.807, 2.05) is 7.05 Å². The number of nitrogens with zero attached hydrogens (tertiary/aromatic N) is 1. The highest BCUT2D eigenvalue weighted by Crippen LogP contribution is 2.34. The van der Waals surface area contributed by atoms with Gasteiger partial charge in [-0.05, 0) is 29.8 Å². The monoisotopic (exact) mass is 299 g/mol. The van der Waals surface area contributed by atoms with Gasteiger partial charge in [-0.15, -0.1) is 0 Å². The molecule has 3 aromatic carbocycles. The van der Waals surface area contributed by atoms with Crippen molar-refractivity contribution in [1.29, 1.82) is 0 Å². The molecule has 4 aromatic rings. The molecule has 1 N–H and O–H groups in total. The van der Waals surface area contributed by atoms with Crippen LogP contribution >= 0.6 is 0 Å². The van der Waals surface area contributed by atoms with Crippen LogP contribution in [0.15, 0.2) is 72.8 Å². The number of nitrogens with one attached hydrogen (secondary N) is 1. The Hall–Kier alpha value is -2.87. The highest BCUT2D eigenvalue weighted by Gasteiger charge is 2.17. The van der Waals surface area contributed by atoms with Crippen molar-refractivity contribution in [3.63, 3.8) is 0 Å². The summed E-state index contributed by atoms with van der Waals surface area (Å²) in [4.78, 5) is 0. The lowest BCUT2D eigenvalue weighted by atomic mass is 9.95. The Kier molecular flexibility index (Phi) is 3.23. The number of hydrogen-bond acceptors (Lipinski definition) is 1. The summed E-state index contributed by atoms with van der Waals surface area (Å²) in [5.41, 5.74) is 6.18. The quantitative estimate of drug-likeness (QED) is 0.425. The fourth-order valence-electron chi connectivity index (χ4n) is 3.34. The maximum Gasteiger partial charge on any atom is 0.213 e. The van der Waals surface area contributed by atoms with Crippen molar-refractivity contribution in [2.45, 2.75) is 0 Å². The molecule has 1 aromatic heterocycles. The Morgan fingerprint density at radius 2 is 1.22 bits per heavy atom. The van der Waals surface area contributed by atoms with Crippen molar-refractivity contribution >= 4 is 27.5 Å². The summed E-state index contributed by atoms with van der Waals surface area (Å²) in [5, 5.41) is 5.75. The van der Waals surface area contributed by atoms with Crippen LogP contribution in [0.25, 0.3) is 32.9 Å². The molecule has 0 aliphatic rings. The second kappa shape index (κ2) is 5.40. The third-order valence-corrected chi connectivity index (χ3v) is 4.53. The third-order valence-electron chi connectivity index (χ3n) is 4.53. The van der Waals surface area contributed by atoms with Gasteiger partial charge in [-0.3, -0.25) is 0 Å². The second-order valence-corrected chi connectivity index (χ2v) is 5.80. The van der Waals surface area contributed by atoms with Gasteiger partial charge in [-0.2, -0.15) is 4.57 Å². The number of anilines is 1. The minimum Gasteiger partial charge on any atom is -0.388 e. The molecule has 0 saturated heterocycles. The van der Waals surface area contributed by atoms with Crippen LogP contribution in [-0.2, 0) is 7.05 Å². The zero-order valence-electron chi connectivity index (χ0n) is 13.4. The minimum absolute atomic E-state index is 1.13. The largest absolute Gasteiger partial charge is 0.388 e. The fourth-order valence-corrected chi connectivity index (χ4v) is 3.34. The standard InChI is InChI=1S/C21H18N2/c1-22-16-13-11-15(12-14-16)21-17-7-3-5-9-19(17)23(2)20-10-6-4-8-18(20)21/h3-14H,1-2H3/p+1. The van der Waals surface area contributed by atoms with Gasteiger partial charge in [0, 0.05) is 30.4 Å². The first-order valence-corrected chi connectivity index (χ1v) is 7.87. The molecular weight excluding hydrogens is 280 g/mol. The first-order chi connectivity index (χ1) is 11.3. The van der Waals surface area contributed by atoms with E-state index >= 15 is 0 Å². The van der Waals surface area contributed by atoms with Gasteiger partial charge >= 0.3 is 0 Å². The van der Waals surface area contributed by atoms with Crippen LogP contribution in [0.5, 0.6) is 0 Å². The first kappa shape index (κ1) is 13.8. The third kappa shape index (κ3) is 2.15. The predicted molar refractivity (Wildman–Crippen MR) is 97.6 cm³/mol. The molecule has 0 bridgehead atoms. The molecule has 0 radical (unpaired) electrons. The summed E-state index contributed by atoms with van der Waals surface area (Å²) in [7, 11) is 4.08. The average molecular weight is 299 g/mol. The lowest BCUT2D eigenvalue weighted by molar-refractivity contribution is -0.617. The molecule has 0 spiro atoms. The predicted octanol–water partition coefficient (Wildman–Crippen LogP) is 4.53. The number of aryl methyl sites for hydroxylation is 1. The molecule has 0 atom stereocenters. The van der Waals surface area contributed by atoms with Gasteiger partial charge in [0.2, 0.25) is 11.0 Å². The zero-order chi connectivity index (χ0) is 15.8. The summed E-state index contributed by atoms with van der Waals surface area (Å²) in [6.07, 6.45) is 0. The SMILES string of the molecule is CNc1ccc(-c2c3ccccc3[n+](C)c3ccccc23)cc1. The van der Waals surface area contributed by atoms with Gasteiger partial charge in [0.05, 0.1) is 10.8 Å². The first-order valence-electron chi connectivity index (χ1n) is 7.87. The van der Waals surface area contributed by atoms with Crippen molar-refractivity contribution < 1.29 is 4.57 Å². The Balaban J connectivity index is 2.15. The van der Waals surface area contributed by atoms with E-state index in [0.717, 1.165) is 5.69 Å². The minimum atomic E-state index is 1.13. The molecule has 0 amide bonds. The van der Waals surface area contributed by atoms with Crippen LogP contribution in [-0.4, -0.2) is 7.05 Å². The molecule has 0 saturated carbocycles. The van der Waals surface area contributed by atoms with Crippen molar-refractivity contribution in [3.05, 3.63) is 72.8 Å². The molecule has 0 unspecified atom stereocenters. The molecule has 0 aliphatic carbocycles. The topological polar surface area (TPSA) is 15.9 Å². The van der Waals surface area contributed by atoms with Crippen molar-refractivity contribution in [2.75, 3.05) is 12.4 Å². The van der Waals surface area contributed by atoms with E-state index in [4.69, 9.17) is 0 Å². The maximum absolute atomic E-state index is 3.18. The van der Waals surface area contributed by atoms with E-state index in [1.54, 1.807) is 0 Å². The summed E-state index contributed by atoms with van der Waals surface area (Å²) >= 11 is 0. The molecule has 0 fully saturated rings. The lowest BCUT2D eigenvalue weighted by Crippen LogP contribution is -2.30. The van der Waals surface area contributed by atoms with E-state index in [2.05, 4.69) is 89.7 Å². The molecule has 0 aliphatic heterocycles. The number of aromatic nitrogens is 1. The van der Waals surface area contributed by atoms with Crippen LogP contribution in [0.2, 0.25) is 0 Å². The average Bonchev–Trinajstić information content (AvgIpc) is 2.63. The number of benzene rings is 3. The van der Waals surface area contributed by atoms with E-state index in [-0.39, 0.29) is 0 Å². The van der Waals surface area contributed by atoms with Crippen LogP contribution in [0, 0.1) is 0 Å². The smallest absolute Gasteiger partial charge is 0.213 e. The maximum atomic E-state index is 3.18. The Bertz CT molecular complexity index is 944. The van der Waals surface area contributed by atoms with Crippen LogP contribution in [0.1, 0.15) is 0 Å². The second-order valence-electron chi connectivity index (χ2n) is 5.80. The number of fused-ring (bicyclic) bond motifs is 2. The summed E-state index contributed by atoms with van der Waals surface area (Å²) in [5.74, 6) is 0. The van der Waals surface area contributed by atoms with Gasteiger partial charge in [-0.25, -0.2) is 0 Å². The Morgan fingerprint density at radius 1 is 0.696 bits per heavy atom. The van der Waals surface area contributed by atoms with Crippen LogP contribution in [0.3, 0.4) is 0 Å². The van der Waals surface area contributed by atoms with Gasteiger partial charge in [0.25, 0.3) is 0 Å². The zero-order valence-corrected chi connectivity index (χ0v) is 13.4. The van der Waals surface area contributed by atoms with Crippen molar-refractivity contribution in [3.8, 4) is 11.1 Å². The van der Waals surface area contributed by atoms with Gasteiger partial charge in [0.15, 0.2) is 0 Å². The molecule has 2 heteroatoms. The summed E-state index contributed by atoms with van der Waals surface area (Å²) in [6.45, 7) is 0. The van der Waals surface area contributed by atoms with Crippen LogP contribution < -0.4 is 9.88 Å². The molecule has 23 heavy (non-hydrogen) atoms. The fraction of sp³-hybridized carbons (Fsp3) is 0.0952. The lowest BCUT2D eigenvalue weighted by Gasteiger charge is -2.11. The highest BCUT2D eigenvalue weighted by molar-refractivity contribution is 6.07. The molecule has 2 nitrogen and oxygen atoms in total. The normalized spacial score (nSPS) is 11.0. The van der Waals surface area contributed by atoms with E-state index < -0.39 is 0 Å². The number of pyridine rings is 1. The molecule has 4 rings (SSSR count). The summed E-state index contributed by atoms with van der Waals surface area (Å²) in [6, 6.07) is 25.9. The van der Waals surface area contributed by atoms with E-state index in [0.29, 0.717) is 0 Å². The van der Waals surface area contributed by atoms with Gasteiger partial charge < -0.3 is 5.32 Å². The van der Waals surface area contributed by atoms with E-state index in [9.17, 15) is 0 Å². The van der Waals surface area contributed by atoms with Crippen LogP contribution in [0.4, 0.5) is 5.69 Å². The molecule has 1 heterocycles. The van der Waals surface area contributed by atoms with Crippen molar-refractivity contribution in [1.82, 2.24) is 0 Å². The summed E-state index contributed by atoms with van der Waals surface area (Å²) < 4.78 is 2.27. The molecular formula is C21H19N2+. The van der Waals surface area contributed by atoms with E-state index in [1.165, 1.54) is 32.9 Å². The van der Waals surface area contributed by atoms with Gasteiger partial charge in [-0.1, -0.05) is 36.4 Å². The number of rotatable bonds is 2. The highest BCUT2D eigenvalue weighted by atomic mass is 14.9. The number of para-hydroxylation sites is 2. The van der Waals surface area contributed by atoms with Gasteiger partial charge in [0.1, 0.15) is 7.05 Å². The Labute approximate surface area is 136 Å². The Morgan fingerprint density at radius 3 is 1.74 bits per heavy atom. The number of hydrogen-bond donors (Lipinski definition) is 1.